The summed E-state index contributed by atoms with van der Waals surface area (Å²) in [6, 6.07) is 0. The van der Waals surface area contributed by atoms with Crippen molar-refractivity contribution in [3.8, 4) is 0 Å². The fraction of sp³-hybridized carbons (Fsp3) is 0.833. The maximum atomic E-state index is 10.0. The number of hydrogen-bond acceptors (Lipinski definition) is 4. The molecule has 0 aromatic heterocycles. The smallest absolute Gasteiger partial charge is 0.211 e. The Hall–Kier alpha value is -1.24. The zero-order chi connectivity index (χ0) is 12.2. The molecule has 0 aliphatic heterocycles. The third kappa shape index (κ3) is 7.10. The monoisotopic (exact) mass is 224 g/mol. The second-order valence-electron chi connectivity index (χ2n) is 3.99. The molecule has 4 nitrogen and oxygen atoms in total. The molecule has 0 spiro atoms. The molecule has 0 saturated heterocycles. The Bertz CT molecular complexity index is 238. The van der Waals surface area contributed by atoms with Crippen LogP contribution in [0.5, 0.6) is 0 Å². The minimum absolute atomic E-state index is 0.440. The van der Waals surface area contributed by atoms with Gasteiger partial charge >= 0.3 is 0 Å². The molecule has 0 radical (unpaired) electrons. The highest BCUT2D eigenvalue weighted by molar-refractivity contribution is 5.33. The van der Waals surface area contributed by atoms with E-state index in [9.17, 15) is 9.59 Å². The van der Waals surface area contributed by atoms with Gasteiger partial charge in [0.1, 0.15) is 0 Å². The molecule has 4 heteroatoms. The fourth-order valence-electron chi connectivity index (χ4n) is 1.65. The molecule has 0 fully saturated rings. The average Bonchev–Trinajstić information content (AvgIpc) is 2.33. The van der Waals surface area contributed by atoms with Crippen molar-refractivity contribution in [3.05, 3.63) is 0 Å². The molecule has 0 amide bonds. The predicted octanol–water partition coefficient (Wildman–Crippen LogP) is 2.49. The highest BCUT2D eigenvalue weighted by Gasteiger charge is 2.10. The molecule has 0 aromatic rings. The first-order chi connectivity index (χ1) is 7.78. The van der Waals surface area contributed by atoms with Crippen molar-refractivity contribution in [3.63, 3.8) is 0 Å². The topological polar surface area (TPSA) is 58.9 Å². The van der Waals surface area contributed by atoms with E-state index < -0.39 is 0 Å². The molecule has 16 heavy (non-hydrogen) atoms. The Morgan fingerprint density at radius 2 is 1.25 bits per heavy atom. The number of carbonyl (C=O) groups excluding carboxylic acids is 2. The second-order valence-corrected chi connectivity index (χ2v) is 3.99. The first-order valence-corrected chi connectivity index (χ1v) is 5.85. The summed E-state index contributed by atoms with van der Waals surface area (Å²) in [5.41, 5.74) is 0. The largest absolute Gasteiger partial charge is 0.234 e. The molecule has 0 N–H and O–H groups in total. The lowest BCUT2D eigenvalue weighted by Gasteiger charge is -2.15. The van der Waals surface area contributed by atoms with Crippen LogP contribution in [0.3, 0.4) is 0 Å². The van der Waals surface area contributed by atoms with Crippen LogP contribution in [0.2, 0.25) is 0 Å². The van der Waals surface area contributed by atoms with Crippen LogP contribution in [0.1, 0.15) is 39.5 Å². The lowest BCUT2D eigenvalue weighted by molar-refractivity contribution is 0.386. The van der Waals surface area contributed by atoms with Crippen LogP contribution >= 0.6 is 0 Å². The summed E-state index contributed by atoms with van der Waals surface area (Å²) >= 11 is 0. The van der Waals surface area contributed by atoms with Gasteiger partial charge in [-0.25, -0.2) is 19.6 Å². The van der Waals surface area contributed by atoms with Gasteiger partial charge in [0.2, 0.25) is 12.2 Å². The number of nitrogens with zero attached hydrogens (tertiary/aromatic N) is 2. The number of rotatable bonds is 9. The zero-order valence-electron chi connectivity index (χ0n) is 10.1. The predicted molar refractivity (Wildman–Crippen MR) is 62.8 cm³/mol. The van der Waals surface area contributed by atoms with Crippen LogP contribution in [0.4, 0.5) is 0 Å². The van der Waals surface area contributed by atoms with Gasteiger partial charge in [0, 0.05) is 0 Å². The maximum Gasteiger partial charge on any atom is 0.234 e. The molecular formula is C12H20N2O2. The van der Waals surface area contributed by atoms with Crippen LogP contribution in [-0.4, -0.2) is 25.2 Å². The van der Waals surface area contributed by atoms with Crippen molar-refractivity contribution in [1.82, 2.24) is 0 Å². The molecule has 0 saturated carbocycles. The van der Waals surface area contributed by atoms with Crippen molar-refractivity contribution in [2.45, 2.75) is 39.5 Å². The van der Waals surface area contributed by atoms with Gasteiger partial charge in [-0.05, 0) is 24.7 Å². The first-order valence-electron chi connectivity index (χ1n) is 5.85. The Morgan fingerprint density at radius 1 is 0.875 bits per heavy atom. The molecule has 0 heterocycles. The Morgan fingerprint density at radius 3 is 1.50 bits per heavy atom. The summed E-state index contributed by atoms with van der Waals surface area (Å²) in [4.78, 5) is 27.3. The molecule has 90 valence electrons. The Kier molecular flexibility index (Phi) is 9.49. The minimum atomic E-state index is 0.440. The molecule has 0 aliphatic rings. The van der Waals surface area contributed by atoms with E-state index in [2.05, 4.69) is 23.8 Å². The lowest BCUT2D eigenvalue weighted by Crippen LogP contribution is -2.09. The quantitative estimate of drug-likeness (QED) is 0.446. The van der Waals surface area contributed by atoms with Crippen LogP contribution in [0.15, 0.2) is 9.98 Å². The van der Waals surface area contributed by atoms with E-state index in [1.54, 1.807) is 12.2 Å². The summed E-state index contributed by atoms with van der Waals surface area (Å²) in [5.74, 6) is 0.881. The first kappa shape index (κ1) is 14.8. The lowest BCUT2D eigenvalue weighted by atomic mass is 9.92. The van der Waals surface area contributed by atoms with Gasteiger partial charge in [0.15, 0.2) is 0 Å². The van der Waals surface area contributed by atoms with E-state index in [1.165, 1.54) is 0 Å². The van der Waals surface area contributed by atoms with Crippen LogP contribution < -0.4 is 0 Å². The van der Waals surface area contributed by atoms with Crippen molar-refractivity contribution in [2.75, 3.05) is 13.1 Å². The SMILES string of the molecule is CCC(CCC(CC)CN=C=O)CN=C=O. The summed E-state index contributed by atoms with van der Waals surface area (Å²) in [6.07, 6.45) is 7.22. The van der Waals surface area contributed by atoms with Gasteiger partial charge < -0.3 is 0 Å². The second kappa shape index (κ2) is 10.3. The van der Waals surface area contributed by atoms with Gasteiger partial charge in [-0.15, -0.1) is 0 Å². The van der Waals surface area contributed by atoms with Crippen molar-refractivity contribution < 1.29 is 9.59 Å². The van der Waals surface area contributed by atoms with Gasteiger partial charge in [-0.1, -0.05) is 26.7 Å². The highest BCUT2D eigenvalue weighted by Crippen LogP contribution is 2.18. The summed E-state index contributed by atoms with van der Waals surface area (Å²) in [7, 11) is 0. The normalized spacial score (nSPS) is 13.4. The van der Waals surface area contributed by atoms with E-state index in [-0.39, 0.29) is 0 Å². The number of hydrogen-bond donors (Lipinski definition) is 0. The van der Waals surface area contributed by atoms with Gasteiger partial charge in [-0.3, -0.25) is 0 Å². The van der Waals surface area contributed by atoms with E-state index in [1.807, 2.05) is 0 Å². The van der Waals surface area contributed by atoms with Gasteiger partial charge in [0.25, 0.3) is 0 Å². The van der Waals surface area contributed by atoms with Gasteiger partial charge in [-0.2, -0.15) is 0 Å². The molecule has 2 atom stereocenters. The Balaban J connectivity index is 3.95. The van der Waals surface area contributed by atoms with E-state index in [0.717, 1.165) is 25.7 Å². The number of aliphatic imine (C=N–C) groups is 2. The molecule has 0 rings (SSSR count). The molecule has 0 aliphatic carbocycles. The average molecular weight is 224 g/mol. The Labute approximate surface area is 96.9 Å². The molecule has 0 bridgehead atoms. The minimum Gasteiger partial charge on any atom is -0.211 e. The maximum absolute atomic E-state index is 10.0. The number of isocyanates is 2. The summed E-state index contributed by atoms with van der Waals surface area (Å²) in [5, 5.41) is 0. The van der Waals surface area contributed by atoms with Crippen molar-refractivity contribution in [1.29, 1.82) is 0 Å². The van der Waals surface area contributed by atoms with E-state index in [4.69, 9.17) is 0 Å². The third-order valence-electron chi connectivity index (χ3n) is 2.97. The standard InChI is InChI=1S/C12H20N2O2/c1-3-11(7-13-9-15)5-6-12(4-2)8-14-10-16/h11-12H,3-8H2,1-2H3. The van der Waals surface area contributed by atoms with Crippen molar-refractivity contribution in [2.24, 2.45) is 21.8 Å². The molecule has 0 aromatic carbocycles. The van der Waals surface area contributed by atoms with Crippen LogP contribution in [0.25, 0.3) is 0 Å². The summed E-state index contributed by atoms with van der Waals surface area (Å²) in [6.45, 7) is 5.31. The fourth-order valence-corrected chi connectivity index (χ4v) is 1.65. The highest BCUT2D eigenvalue weighted by atomic mass is 16.1. The van der Waals surface area contributed by atoms with E-state index in [0.29, 0.717) is 24.9 Å². The van der Waals surface area contributed by atoms with E-state index >= 15 is 0 Å². The van der Waals surface area contributed by atoms with Gasteiger partial charge in [0.05, 0.1) is 13.1 Å². The summed E-state index contributed by atoms with van der Waals surface area (Å²) < 4.78 is 0. The van der Waals surface area contributed by atoms with Crippen LogP contribution in [0, 0.1) is 11.8 Å². The van der Waals surface area contributed by atoms with Crippen LogP contribution in [-0.2, 0) is 9.59 Å². The zero-order valence-corrected chi connectivity index (χ0v) is 10.1. The third-order valence-corrected chi connectivity index (χ3v) is 2.97. The molecule has 2 unspecified atom stereocenters. The molecular weight excluding hydrogens is 204 g/mol. The van der Waals surface area contributed by atoms with Crippen molar-refractivity contribution >= 4 is 12.2 Å².